The Bertz CT molecular complexity index is 669. The maximum absolute atomic E-state index is 12.3. The number of aliphatic carboxylic acids is 1. The fourth-order valence-electron chi connectivity index (χ4n) is 1.98. The highest BCUT2D eigenvalue weighted by Gasteiger charge is 2.24. The zero-order valence-corrected chi connectivity index (χ0v) is 13.0. The smallest absolute Gasteiger partial charge is 0.330 e. The number of methoxy groups -OCH3 is 1. The molecule has 1 unspecified atom stereocenters. The Morgan fingerprint density at radius 3 is 2.64 bits per heavy atom. The van der Waals surface area contributed by atoms with E-state index in [0.717, 1.165) is 0 Å². The average molecular weight is 320 g/mol. The number of ether oxygens (including phenoxy) is 1. The van der Waals surface area contributed by atoms with Crippen LogP contribution in [-0.2, 0) is 16.1 Å². The fourth-order valence-corrected chi connectivity index (χ4v) is 2.92. The molecule has 116 valence electrons. The Balaban J connectivity index is 2.20. The minimum absolute atomic E-state index is 0.319. The first kappa shape index (κ1) is 16.1. The number of rotatable bonds is 6. The highest BCUT2D eigenvalue weighted by molar-refractivity contribution is 7.13. The molecule has 6 nitrogen and oxygen atoms in total. The maximum Gasteiger partial charge on any atom is 0.330 e. The first-order valence-corrected chi connectivity index (χ1v) is 7.38. The summed E-state index contributed by atoms with van der Waals surface area (Å²) >= 11 is 1.20. The van der Waals surface area contributed by atoms with Crippen LogP contribution in [0.25, 0.3) is 0 Å². The van der Waals surface area contributed by atoms with Crippen molar-refractivity contribution in [1.82, 2.24) is 10.3 Å². The van der Waals surface area contributed by atoms with E-state index >= 15 is 0 Å². The van der Waals surface area contributed by atoms with Gasteiger partial charge in [-0.3, -0.25) is 4.79 Å². The second-order valence-corrected chi connectivity index (χ2v) is 5.69. The van der Waals surface area contributed by atoms with Gasteiger partial charge < -0.3 is 15.2 Å². The molecular weight excluding hydrogens is 304 g/mol. The van der Waals surface area contributed by atoms with Crippen LogP contribution in [0.3, 0.4) is 0 Å². The van der Waals surface area contributed by atoms with Crippen molar-refractivity contribution in [3.05, 3.63) is 51.5 Å². The maximum atomic E-state index is 12.3. The molecule has 1 atom stereocenters. The molecule has 2 rings (SSSR count). The molecule has 2 aromatic rings. The summed E-state index contributed by atoms with van der Waals surface area (Å²) in [6.45, 7) is 2.03. The van der Waals surface area contributed by atoms with Crippen LogP contribution >= 0.6 is 11.3 Å². The lowest BCUT2D eigenvalue weighted by molar-refractivity contribution is -0.139. The molecule has 0 saturated heterocycles. The minimum atomic E-state index is -1.11. The van der Waals surface area contributed by atoms with E-state index in [4.69, 9.17) is 4.74 Å². The van der Waals surface area contributed by atoms with Gasteiger partial charge in [-0.2, -0.15) is 0 Å². The van der Waals surface area contributed by atoms with E-state index in [-0.39, 0.29) is 0 Å². The molecule has 0 saturated carbocycles. The largest absolute Gasteiger partial charge is 0.479 e. The lowest BCUT2D eigenvalue weighted by Crippen LogP contribution is -2.33. The van der Waals surface area contributed by atoms with Crippen LogP contribution in [0.2, 0.25) is 0 Å². The third-order valence-electron chi connectivity index (χ3n) is 2.97. The molecule has 0 aliphatic rings. The van der Waals surface area contributed by atoms with Crippen molar-refractivity contribution in [3.63, 3.8) is 0 Å². The van der Waals surface area contributed by atoms with Gasteiger partial charge in [-0.25, -0.2) is 9.78 Å². The number of hydrogen-bond acceptors (Lipinski definition) is 5. The fraction of sp³-hybridized carbons (Fsp3) is 0.267. The molecule has 0 fully saturated rings. The Kier molecular flexibility index (Phi) is 5.24. The molecule has 22 heavy (non-hydrogen) atoms. The molecule has 0 aliphatic heterocycles. The zero-order valence-electron chi connectivity index (χ0n) is 12.2. The number of nitrogens with zero attached hydrogens (tertiary/aromatic N) is 1. The highest BCUT2D eigenvalue weighted by Crippen LogP contribution is 2.20. The molecule has 0 bridgehead atoms. The number of benzene rings is 1. The van der Waals surface area contributed by atoms with Gasteiger partial charge in [0.25, 0.3) is 5.91 Å². The van der Waals surface area contributed by atoms with Crippen molar-refractivity contribution >= 4 is 23.2 Å². The van der Waals surface area contributed by atoms with Crippen LogP contribution < -0.4 is 5.32 Å². The van der Waals surface area contributed by atoms with E-state index in [1.807, 2.05) is 0 Å². The number of aryl methyl sites for hydroxylation is 1. The number of hydrogen-bond donors (Lipinski definition) is 2. The van der Waals surface area contributed by atoms with Gasteiger partial charge >= 0.3 is 5.97 Å². The Hall–Kier alpha value is -2.25. The first-order chi connectivity index (χ1) is 10.5. The number of amides is 1. The lowest BCUT2D eigenvalue weighted by Gasteiger charge is -2.14. The highest BCUT2D eigenvalue weighted by atomic mass is 32.1. The molecule has 1 heterocycles. The molecule has 7 heteroatoms. The van der Waals surface area contributed by atoms with E-state index < -0.39 is 17.9 Å². The van der Waals surface area contributed by atoms with Crippen molar-refractivity contribution in [3.8, 4) is 0 Å². The third kappa shape index (κ3) is 3.69. The molecule has 0 spiro atoms. The lowest BCUT2D eigenvalue weighted by atomic mass is 10.1. The van der Waals surface area contributed by atoms with Crippen molar-refractivity contribution in [2.45, 2.75) is 19.6 Å². The summed E-state index contributed by atoms with van der Waals surface area (Å²) in [4.78, 5) is 28.4. The van der Waals surface area contributed by atoms with Gasteiger partial charge in [0.2, 0.25) is 0 Å². The van der Waals surface area contributed by atoms with Gasteiger partial charge in [0, 0.05) is 7.11 Å². The Morgan fingerprint density at radius 2 is 2.05 bits per heavy atom. The number of carbonyl (C=O) groups excluding carboxylic acids is 1. The van der Waals surface area contributed by atoms with Crippen LogP contribution in [-0.4, -0.2) is 29.1 Å². The van der Waals surface area contributed by atoms with Gasteiger partial charge in [-0.1, -0.05) is 30.3 Å². The Labute approximate surface area is 131 Å². The molecule has 0 aliphatic carbocycles. The van der Waals surface area contributed by atoms with Crippen molar-refractivity contribution in [2.24, 2.45) is 0 Å². The molecule has 1 amide bonds. The van der Waals surface area contributed by atoms with Crippen LogP contribution in [0.15, 0.2) is 30.3 Å². The van der Waals surface area contributed by atoms with Crippen LogP contribution in [0, 0.1) is 6.92 Å². The second-order valence-electron chi connectivity index (χ2n) is 4.61. The number of aromatic nitrogens is 1. The van der Waals surface area contributed by atoms with Crippen molar-refractivity contribution < 1.29 is 19.4 Å². The van der Waals surface area contributed by atoms with Gasteiger partial charge in [0.15, 0.2) is 6.04 Å². The summed E-state index contributed by atoms with van der Waals surface area (Å²) in [7, 11) is 1.55. The summed E-state index contributed by atoms with van der Waals surface area (Å²) in [5.41, 5.74) is 1.08. The number of carboxylic acid groups (broad SMARTS) is 1. The second kappa shape index (κ2) is 7.15. The Morgan fingerprint density at radius 1 is 1.36 bits per heavy atom. The van der Waals surface area contributed by atoms with E-state index in [0.29, 0.717) is 27.7 Å². The van der Waals surface area contributed by atoms with E-state index in [2.05, 4.69) is 10.3 Å². The summed E-state index contributed by atoms with van der Waals surface area (Å²) < 4.78 is 4.99. The van der Waals surface area contributed by atoms with E-state index in [9.17, 15) is 14.7 Å². The van der Waals surface area contributed by atoms with Crippen molar-refractivity contribution in [2.75, 3.05) is 7.11 Å². The minimum Gasteiger partial charge on any atom is -0.479 e. The summed E-state index contributed by atoms with van der Waals surface area (Å²) in [5.74, 6) is -1.56. The molecule has 1 aromatic carbocycles. The number of carboxylic acids is 1. The van der Waals surface area contributed by atoms with Crippen LogP contribution in [0.4, 0.5) is 0 Å². The predicted molar refractivity (Wildman–Crippen MR) is 81.8 cm³/mol. The van der Waals surface area contributed by atoms with Gasteiger partial charge in [0.05, 0.1) is 12.3 Å². The summed E-state index contributed by atoms with van der Waals surface area (Å²) in [5, 5.41) is 12.5. The summed E-state index contributed by atoms with van der Waals surface area (Å²) in [6, 6.07) is 7.47. The van der Waals surface area contributed by atoms with Gasteiger partial charge in [0.1, 0.15) is 9.88 Å². The van der Waals surface area contributed by atoms with Crippen LogP contribution in [0.5, 0.6) is 0 Å². The first-order valence-electron chi connectivity index (χ1n) is 6.56. The third-order valence-corrected chi connectivity index (χ3v) is 4.10. The SMILES string of the molecule is COCc1nc(C)c(C(=O)NC(C(=O)O)c2ccccc2)s1. The molecule has 2 N–H and O–H groups in total. The topological polar surface area (TPSA) is 88.5 Å². The standard InChI is InChI=1S/C15H16N2O4S/c1-9-13(22-11(16-9)8-21-2)14(18)17-12(15(19)20)10-6-4-3-5-7-10/h3-7,12H,8H2,1-2H3,(H,17,18)(H,19,20). The number of carbonyl (C=O) groups is 2. The van der Waals surface area contributed by atoms with Gasteiger partial charge in [-0.05, 0) is 12.5 Å². The zero-order chi connectivity index (χ0) is 16.1. The number of thiazole rings is 1. The monoisotopic (exact) mass is 320 g/mol. The quantitative estimate of drug-likeness (QED) is 0.851. The average Bonchev–Trinajstić information content (AvgIpc) is 2.86. The van der Waals surface area contributed by atoms with Gasteiger partial charge in [-0.15, -0.1) is 11.3 Å². The van der Waals surface area contributed by atoms with E-state index in [1.165, 1.54) is 11.3 Å². The predicted octanol–water partition coefficient (Wildman–Crippen LogP) is 2.15. The van der Waals surface area contributed by atoms with Crippen LogP contribution in [0.1, 0.15) is 32.0 Å². The molecular formula is C15H16N2O4S. The normalized spacial score (nSPS) is 11.9. The van der Waals surface area contributed by atoms with E-state index in [1.54, 1.807) is 44.4 Å². The molecule has 0 radical (unpaired) electrons. The molecule has 1 aromatic heterocycles. The summed E-state index contributed by atoms with van der Waals surface area (Å²) in [6.07, 6.45) is 0. The number of nitrogens with one attached hydrogen (secondary N) is 1. The van der Waals surface area contributed by atoms with Crippen molar-refractivity contribution in [1.29, 1.82) is 0 Å².